The van der Waals surface area contributed by atoms with Gasteiger partial charge in [-0.3, -0.25) is 4.79 Å². The highest BCUT2D eigenvalue weighted by Crippen LogP contribution is 2.19. The van der Waals surface area contributed by atoms with Gasteiger partial charge in [0.1, 0.15) is 11.6 Å². The van der Waals surface area contributed by atoms with E-state index >= 15 is 0 Å². The van der Waals surface area contributed by atoms with Crippen LogP contribution in [-0.4, -0.2) is 22.9 Å². The SMILES string of the molecule is CSCC(=O)c1cc(F)ccc1O. The number of benzene rings is 1. The van der Waals surface area contributed by atoms with Gasteiger partial charge in [0.25, 0.3) is 0 Å². The molecule has 0 unspecified atom stereocenters. The topological polar surface area (TPSA) is 37.3 Å². The lowest BCUT2D eigenvalue weighted by atomic mass is 10.1. The average molecular weight is 200 g/mol. The molecule has 0 saturated heterocycles. The summed E-state index contributed by atoms with van der Waals surface area (Å²) in [5, 5.41) is 9.24. The summed E-state index contributed by atoms with van der Waals surface area (Å²) < 4.78 is 12.7. The van der Waals surface area contributed by atoms with E-state index in [0.717, 1.165) is 12.1 Å². The van der Waals surface area contributed by atoms with Crippen molar-refractivity contribution >= 4 is 17.5 Å². The number of hydrogen-bond donors (Lipinski definition) is 1. The Labute approximate surface area is 79.8 Å². The molecular formula is C9H9FO2S. The number of hydrogen-bond acceptors (Lipinski definition) is 3. The third-order valence-electron chi connectivity index (χ3n) is 1.53. The van der Waals surface area contributed by atoms with Crippen molar-refractivity contribution < 1.29 is 14.3 Å². The van der Waals surface area contributed by atoms with Gasteiger partial charge in [0.2, 0.25) is 0 Å². The molecule has 1 aromatic rings. The Bertz CT molecular complexity index is 325. The highest BCUT2D eigenvalue weighted by molar-refractivity contribution is 7.99. The third kappa shape index (κ3) is 2.45. The Balaban J connectivity index is 2.99. The Morgan fingerprint density at radius 2 is 2.31 bits per heavy atom. The van der Waals surface area contributed by atoms with Crippen LogP contribution in [0.3, 0.4) is 0 Å². The van der Waals surface area contributed by atoms with Gasteiger partial charge in [-0.25, -0.2) is 4.39 Å². The fourth-order valence-electron chi connectivity index (χ4n) is 0.940. The molecule has 0 aliphatic rings. The van der Waals surface area contributed by atoms with E-state index in [4.69, 9.17) is 0 Å². The third-order valence-corrected chi connectivity index (χ3v) is 2.09. The first kappa shape index (κ1) is 10.1. The van der Waals surface area contributed by atoms with Crippen LogP contribution < -0.4 is 0 Å². The molecule has 0 radical (unpaired) electrons. The van der Waals surface area contributed by atoms with Crippen LogP contribution in [0.15, 0.2) is 18.2 Å². The van der Waals surface area contributed by atoms with E-state index in [2.05, 4.69) is 0 Å². The number of carbonyl (C=O) groups excluding carboxylic acids is 1. The second kappa shape index (κ2) is 4.28. The van der Waals surface area contributed by atoms with Crippen molar-refractivity contribution in [3.05, 3.63) is 29.6 Å². The van der Waals surface area contributed by atoms with Crippen molar-refractivity contribution in [2.24, 2.45) is 0 Å². The van der Waals surface area contributed by atoms with Crippen LogP contribution >= 0.6 is 11.8 Å². The van der Waals surface area contributed by atoms with Gasteiger partial charge >= 0.3 is 0 Å². The Kier molecular flexibility index (Phi) is 3.31. The number of phenolic OH excluding ortho intramolecular Hbond substituents is 1. The first-order chi connectivity index (χ1) is 6.15. The van der Waals surface area contributed by atoms with E-state index in [1.54, 1.807) is 6.26 Å². The Hall–Kier alpha value is -1.03. The number of carbonyl (C=O) groups is 1. The number of rotatable bonds is 3. The lowest BCUT2D eigenvalue weighted by molar-refractivity contribution is 0.101. The fraction of sp³-hybridized carbons (Fsp3) is 0.222. The van der Waals surface area contributed by atoms with Crippen LogP contribution in [0, 0.1) is 5.82 Å². The Morgan fingerprint density at radius 1 is 1.62 bits per heavy atom. The number of ketones is 1. The van der Waals surface area contributed by atoms with E-state index in [1.807, 2.05) is 0 Å². The number of Topliss-reactive ketones (excluding diaryl/α,β-unsaturated/α-hetero) is 1. The maximum Gasteiger partial charge on any atom is 0.176 e. The van der Waals surface area contributed by atoms with E-state index in [1.165, 1.54) is 17.8 Å². The van der Waals surface area contributed by atoms with Gasteiger partial charge in [0.05, 0.1) is 11.3 Å². The molecule has 1 aromatic carbocycles. The minimum atomic E-state index is -0.512. The minimum absolute atomic E-state index is 0.0503. The minimum Gasteiger partial charge on any atom is -0.507 e. The largest absolute Gasteiger partial charge is 0.507 e. The van der Waals surface area contributed by atoms with Gasteiger partial charge in [-0.05, 0) is 24.5 Å². The predicted octanol–water partition coefficient (Wildman–Crippen LogP) is 2.08. The van der Waals surface area contributed by atoms with Gasteiger partial charge in [-0.15, -0.1) is 0 Å². The zero-order chi connectivity index (χ0) is 9.84. The second-order valence-electron chi connectivity index (χ2n) is 2.52. The van der Waals surface area contributed by atoms with Gasteiger partial charge in [0, 0.05) is 0 Å². The molecule has 0 aromatic heterocycles. The summed E-state index contributed by atoms with van der Waals surface area (Å²) in [5.41, 5.74) is 0.0503. The summed E-state index contributed by atoms with van der Waals surface area (Å²) in [7, 11) is 0. The molecule has 0 aliphatic heterocycles. The number of thioether (sulfide) groups is 1. The maximum absolute atomic E-state index is 12.7. The van der Waals surface area contributed by atoms with Gasteiger partial charge in [-0.1, -0.05) is 0 Å². The standard InChI is InChI=1S/C9H9FO2S/c1-13-5-9(12)7-4-6(10)2-3-8(7)11/h2-4,11H,5H2,1H3. The van der Waals surface area contributed by atoms with Crippen LogP contribution in [0.5, 0.6) is 5.75 Å². The summed E-state index contributed by atoms with van der Waals surface area (Å²) in [4.78, 5) is 11.3. The highest BCUT2D eigenvalue weighted by atomic mass is 32.2. The van der Waals surface area contributed by atoms with Crippen LogP contribution in [0.1, 0.15) is 10.4 Å². The molecule has 70 valence electrons. The highest BCUT2D eigenvalue weighted by Gasteiger charge is 2.10. The first-order valence-electron chi connectivity index (χ1n) is 3.66. The van der Waals surface area contributed by atoms with Gasteiger partial charge in [0.15, 0.2) is 5.78 Å². The lowest BCUT2D eigenvalue weighted by Gasteiger charge is -2.01. The van der Waals surface area contributed by atoms with Crippen LogP contribution in [0.4, 0.5) is 4.39 Å². The van der Waals surface area contributed by atoms with Crippen molar-refractivity contribution in [2.75, 3.05) is 12.0 Å². The number of aromatic hydroxyl groups is 1. The molecule has 4 heteroatoms. The zero-order valence-electron chi connectivity index (χ0n) is 7.08. The molecule has 0 saturated carbocycles. The predicted molar refractivity (Wildman–Crippen MR) is 50.8 cm³/mol. The molecule has 0 bridgehead atoms. The van der Waals surface area contributed by atoms with Crippen LogP contribution in [0.25, 0.3) is 0 Å². The molecule has 0 atom stereocenters. The van der Waals surface area contributed by atoms with E-state index in [-0.39, 0.29) is 22.8 Å². The normalized spacial score (nSPS) is 10.0. The summed E-state index contributed by atoms with van der Waals surface area (Å²) in [6.45, 7) is 0. The monoisotopic (exact) mass is 200 g/mol. The molecule has 0 spiro atoms. The second-order valence-corrected chi connectivity index (χ2v) is 3.38. The smallest absolute Gasteiger partial charge is 0.176 e. The number of halogens is 1. The van der Waals surface area contributed by atoms with Crippen molar-refractivity contribution in [1.29, 1.82) is 0 Å². The van der Waals surface area contributed by atoms with E-state index < -0.39 is 5.82 Å². The molecule has 1 rings (SSSR count). The van der Waals surface area contributed by atoms with E-state index in [0.29, 0.717) is 0 Å². The summed E-state index contributed by atoms with van der Waals surface area (Å²) >= 11 is 1.34. The quantitative estimate of drug-likeness (QED) is 0.759. The zero-order valence-corrected chi connectivity index (χ0v) is 7.90. The summed E-state index contributed by atoms with van der Waals surface area (Å²) in [5.74, 6) is -0.691. The molecule has 0 heterocycles. The first-order valence-corrected chi connectivity index (χ1v) is 5.05. The lowest BCUT2D eigenvalue weighted by Crippen LogP contribution is -2.02. The average Bonchev–Trinajstić information content (AvgIpc) is 2.09. The molecule has 2 nitrogen and oxygen atoms in total. The van der Waals surface area contributed by atoms with Crippen molar-refractivity contribution in [1.82, 2.24) is 0 Å². The molecule has 1 N–H and O–H groups in total. The van der Waals surface area contributed by atoms with Crippen molar-refractivity contribution in [2.45, 2.75) is 0 Å². The van der Waals surface area contributed by atoms with Crippen LogP contribution in [0.2, 0.25) is 0 Å². The van der Waals surface area contributed by atoms with Crippen molar-refractivity contribution in [3.8, 4) is 5.75 Å². The van der Waals surface area contributed by atoms with Gasteiger partial charge in [-0.2, -0.15) is 11.8 Å². The molecule has 0 amide bonds. The summed E-state index contributed by atoms with van der Waals surface area (Å²) in [6.07, 6.45) is 1.77. The van der Waals surface area contributed by atoms with Gasteiger partial charge < -0.3 is 5.11 Å². The van der Waals surface area contributed by atoms with Crippen LogP contribution in [-0.2, 0) is 0 Å². The fourth-order valence-corrected chi connectivity index (χ4v) is 1.36. The number of phenols is 1. The molecular weight excluding hydrogens is 191 g/mol. The maximum atomic E-state index is 12.7. The van der Waals surface area contributed by atoms with Crippen molar-refractivity contribution in [3.63, 3.8) is 0 Å². The molecule has 0 fully saturated rings. The van der Waals surface area contributed by atoms with E-state index in [9.17, 15) is 14.3 Å². The summed E-state index contributed by atoms with van der Waals surface area (Å²) in [6, 6.07) is 3.35. The molecule has 13 heavy (non-hydrogen) atoms. The molecule has 0 aliphatic carbocycles. The Morgan fingerprint density at radius 3 is 2.92 bits per heavy atom.